The summed E-state index contributed by atoms with van der Waals surface area (Å²) in [5, 5.41) is 11.8. The molecule has 1 amide bonds. The van der Waals surface area contributed by atoms with Crippen molar-refractivity contribution >= 4 is 27.5 Å². The Kier molecular flexibility index (Phi) is 6.13. The zero-order chi connectivity index (χ0) is 15.3. The number of halogens is 1. The molecule has 0 aromatic heterocycles. The van der Waals surface area contributed by atoms with Gasteiger partial charge in [-0.1, -0.05) is 22.0 Å². The fourth-order valence-corrected chi connectivity index (χ4v) is 2.18. The molecule has 0 atom stereocenters. The van der Waals surface area contributed by atoms with E-state index in [2.05, 4.69) is 15.9 Å². The Morgan fingerprint density at radius 2 is 2.10 bits per heavy atom. The van der Waals surface area contributed by atoms with Crippen molar-refractivity contribution in [3.05, 3.63) is 39.4 Å². The lowest BCUT2D eigenvalue weighted by Crippen LogP contribution is -2.37. The number of nitro groups is 1. The molecule has 1 rings (SSSR count). The zero-order valence-electron chi connectivity index (χ0n) is 11.9. The molecule has 20 heavy (non-hydrogen) atoms. The minimum Gasteiger partial charge on any atom is -0.336 e. The van der Waals surface area contributed by atoms with Crippen LogP contribution >= 0.6 is 15.9 Å². The Bertz CT molecular complexity index is 503. The average molecular weight is 343 g/mol. The maximum Gasteiger partial charge on any atom is 0.273 e. The molecular formula is C14H19BrN2O3. The molecule has 0 bridgehead atoms. The molecule has 1 aromatic carbocycles. The molecule has 0 spiro atoms. The molecule has 110 valence electrons. The van der Waals surface area contributed by atoms with Crippen LogP contribution in [0.5, 0.6) is 0 Å². The van der Waals surface area contributed by atoms with Gasteiger partial charge in [-0.3, -0.25) is 14.9 Å². The first-order valence-corrected chi connectivity index (χ1v) is 7.62. The number of carbonyl (C=O) groups excluding carboxylic acids is 1. The second-order valence-corrected chi connectivity index (χ2v) is 5.69. The normalized spacial score (nSPS) is 10.7. The van der Waals surface area contributed by atoms with Crippen molar-refractivity contribution in [2.24, 2.45) is 0 Å². The van der Waals surface area contributed by atoms with Crippen LogP contribution in [-0.2, 0) is 0 Å². The maximum atomic E-state index is 12.5. The standard InChI is InChI=1S/C14H19BrN2O3/c1-10(2)16(8-4-7-15)14(18)12-6-5-11(3)13(9-12)17(19)20/h5-6,9-10H,4,7-8H2,1-3H3. The first-order valence-electron chi connectivity index (χ1n) is 6.50. The van der Waals surface area contributed by atoms with Crippen molar-refractivity contribution in [2.75, 3.05) is 11.9 Å². The van der Waals surface area contributed by atoms with Crippen LogP contribution in [0.3, 0.4) is 0 Å². The number of hydrogen-bond acceptors (Lipinski definition) is 3. The van der Waals surface area contributed by atoms with Gasteiger partial charge in [0, 0.05) is 35.1 Å². The van der Waals surface area contributed by atoms with E-state index in [9.17, 15) is 14.9 Å². The summed E-state index contributed by atoms with van der Waals surface area (Å²) in [6.45, 7) is 6.17. The van der Waals surface area contributed by atoms with Crippen molar-refractivity contribution in [1.29, 1.82) is 0 Å². The first-order chi connectivity index (χ1) is 9.38. The molecule has 0 heterocycles. The number of benzene rings is 1. The van der Waals surface area contributed by atoms with Gasteiger partial charge in [0.2, 0.25) is 0 Å². The fraction of sp³-hybridized carbons (Fsp3) is 0.500. The van der Waals surface area contributed by atoms with E-state index in [4.69, 9.17) is 0 Å². The van der Waals surface area contributed by atoms with Crippen LogP contribution in [0.25, 0.3) is 0 Å². The predicted molar refractivity (Wildman–Crippen MR) is 82.4 cm³/mol. The Hall–Kier alpha value is -1.43. The van der Waals surface area contributed by atoms with Gasteiger partial charge in [0.15, 0.2) is 0 Å². The highest BCUT2D eigenvalue weighted by atomic mass is 79.9. The van der Waals surface area contributed by atoms with Crippen LogP contribution in [0.15, 0.2) is 18.2 Å². The van der Waals surface area contributed by atoms with Crippen LogP contribution < -0.4 is 0 Å². The third-order valence-corrected chi connectivity index (χ3v) is 3.63. The molecule has 0 fully saturated rings. The Balaban J connectivity index is 3.05. The van der Waals surface area contributed by atoms with E-state index in [0.717, 1.165) is 11.8 Å². The molecule has 0 aliphatic carbocycles. The number of nitrogens with zero attached hydrogens (tertiary/aromatic N) is 2. The molecule has 0 saturated carbocycles. The largest absolute Gasteiger partial charge is 0.336 e. The van der Waals surface area contributed by atoms with Crippen molar-refractivity contribution in [1.82, 2.24) is 4.90 Å². The number of nitro benzene ring substituents is 1. The smallest absolute Gasteiger partial charge is 0.273 e. The number of amides is 1. The minimum atomic E-state index is -0.454. The maximum absolute atomic E-state index is 12.5. The SMILES string of the molecule is Cc1ccc(C(=O)N(CCCBr)C(C)C)cc1[N+](=O)[O-]. The summed E-state index contributed by atoms with van der Waals surface area (Å²) >= 11 is 3.35. The van der Waals surface area contributed by atoms with Gasteiger partial charge in [0.05, 0.1) is 4.92 Å². The first kappa shape index (κ1) is 16.6. The lowest BCUT2D eigenvalue weighted by atomic mass is 10.1. The van der Waals surface area contributed by atoms with E-state index in [1.807, 2.05) is 13.8 Å². The van der Waals surface area contributed by atoms with Gasteiger partial charge in [-0.25, -0.2) is 0 Å². The third kappa shape index (κ3) is 4.03. The van der Waals surface area contributed by atoms with E-state index in [0.29, 0.717) is 17.7 Å². The van der Waals surface area contributed by atoms with E-state index in [-0.39, 0.29) is 17.6 Å². The van der Waals surface area contributed by atoms with Gasteiger partial charge < -0.3 is 4.90 Å². The average Bonchev–Trinajstić information content (AvgIpc) is 2.38. The highest BCUT2D eigenvalue weighted by Gasteiger charge is 2.21. The molecule has 5 nitrogen and oxygen atoms in total. The summed E-state index contributed by atoms with van der Waals surface area (Å²) in [5.41, 5.74) is 0.911. The summed E-state index contributed by atoms with van der Waals surface area (Å²) in [7, 11) is 0. The second kappa shape index (κ2) is 7.38. The topological polar surface area (TPSA) is 63.5 Å². The highest BCUT2D eigenvalue weighted by Crippen LogP contribution is 2.21. The number of alkyl halides is 1. The molecule has 0 unspecified atom stereocenters. The zero-order valence-corrected chi connectivity index (χ0v) is 13.5. The summed E-state index contributed by atoms with van der Waals surface area (Å²) in [6, 6.07) is 4.69. The van der Waals surface area contributed by atoms with Crippen molar-refractivity contribution in [2.45, 2.75) is 33.2 Å². The molecule has 0 N–H and O–H groups in total. The molecule has 0 saturated heterocycles. The molecule has 6 heteroatoms. The van der Waals surface area contributed by atoms with Crippen LogP contribution in [0.1, 0.15) is 36.2 Å². The van der Waals surface area contributed by atoms with Gasteiger partial charge in [0.25, 0.3) is 11.6 Å². The lowest BCUT2D eigenvalue weighted by molar-refractivity contribution is -0.385. The molecule has 1 aromatic rings. The Morgan fingerprint density at radius 1 is 1.45 bits per heavy atom. The van der Waals surface area contributed by atoms with E-state index in [1.54, 1.807) is 24.0 Å². The number of rotatable bonds is 6. The molecular weight excluding hydrogens is 324 g/mol. The molecule has 0 aliphatic rings. The van der Waals surface area contributed by atoms with Gasteiger partial charge >= 0.3 is 0 Å². The quantitative estimate of drug-likeness (QED) is 0.451. The molecule has 0 radical (unpaired) electrons. The van der Waals surface area contributed by atoms with E-state index in [1.165, 1.54) is 6.07 Å². The minimum absolute atomic E-state index is 0.0138. The van der Waals surface area contributed by atoms with Gasteiger partial charge in [-0.2, -0.15) is 0 Å². The number of aryl methyl sites for hydroxylation is 1. The van der Waals surface area contributed by atoms with Crippen LogP contribution in [0.4, 0.5) is 5.69 Å². The van der Waals surface area contributed by atoms with Crippen LogP contribution in [-0.4, -0.2) is 33.6 Å². The Labute approximate surface area is 127 Å². The highest BCUT2D eigenvalue weighted by molar-refractivity contribution is 9.09. The molecule has 0 aliphatic heterocycles. The fourth-order valence-electron chi connectivity index (χ4n) is 1.93. The summed E-state index contributed by atoms with van der Waals surface area (Å²) in [6.07, 6.45) is 0.845. The van der Waals surface area contributed by atoms with Crippen molar-refractivity contribution in [3.63, 3.8) is 0 Å². The number of carbonyl (C=O) groups is 1. The second-order valence-electron chi connectivity index (χ2n) is 4.89. The van der Waals surface area contributed by atoms with E-state index >= 15 is 0 Å². The Morgan fingerprint density at radius 3 is 2.60 bits per heavy atom. The number of hydrogen-bond donors (Lipinski definition) is 0. The van der Waals surface area contributed by atoms with Crippen LogP contribution in [0, 0.1) is 17.0 Å². The van der Waals surface area contributed by atoms with Gasteiger partial charge in [0.1, 0.15) is 0 Å². The third-order valence-electron chi connectivity index (χ3n) is 3.07. The van der Waals surface area contributed by atoms with Gasteiger partial charge in [-0.05, 0) is 33.3 Å². The summed E-state index contributed by atoms with van der Waals surface area (Å²) in [4.78, 5) is 24.7. The van der Waals surface area contributed by atoms with Crippen molar-refractivity contribution < 1.29 is 9.72 Å². The monoisotopic (exact) mass is 342 g/mol. The predicted octanol–water partition coefficient (Wildman–Crippen LogP) is 3.54. The van der Waals surface area contributed by atoms with Crippen molar-refractivity contribution in [3.8, 4) is 0 Å². The van der Waals surface area contributed by atoms with E-state index < -0.39 is 4.92 Å². The van der Waals surface area contributed by atoms with Crippen LogP contribution in [0.2, 0.25) is 0 Å². The summed E-state index contributed by atoms with van der Waals surface area (Å²) < 4.78 is 0. The van der Waals surface area contributed by atoms with Gasteiger partial charge in [-0.15, -0.1) is 0 Å². The summed E-state index contributed by atoms with van der Waals surface area (Å²) in [5.74, 6) is -0.163. The lowest BCUT2D eigenvalue weighted by Gasteiger charge is -2.26.